The van der Waals surface area contributed by atoms with Crippen molar-refractivity contribution in [2.75, 3.05) is 13.2 Å². The van der Waals surface area contributed by atoms with Gasteiger partial charge in [-0.25, -0.2) is 0 Å². The monoisotopic (exact) mass is 299 g/mol. The number of nitrogens with two attached hydrogens (primary N) is 1. The van der Waals surface area contributed by atoms with E-state index < -0.39 is 0 Å². The average Bonchev–Trinajstić information content (AvgIpc) is 2.41. The molecule has 0 aromatic heterocycles. The molecule has 0 fully saturated rings. The van der Waals surface area contributed by atoms with Gasteiger partial charge in [-0.3, -0.25) is 0 Å². The molecule has 0 bridgehead atoms. The van der Waals surface area contributed by atoms with Crippen LogP contribution in [0.4, 0.5) is 0 Å². The van der Waals surface area contributed by atoms with Crippen LogP contribution in [0, 0.1) is 0 Å². The van der Waals surface area contributed by atoms with Crippen molar-refractivity contribution >= 4 is 24.0 Å². The molecule has 0 aliphatic heterocycles. The number of hydrogen-bond acceptors (Lipinski definition) is 3. The van der Waals surface area contributed by atoms with Crippen LogP contribution in [-0.4, -0.2) is 13.2 Å². The molecule has 3 nitrogen and oxygen atoms in total. The average molecular weight is 300 g/mol. The molecule has 2 aromatic carbocycles. The van der Waals surface area contributed by atoms with Gasteiger partial charge < -0.3 is 15.2 Å². The van der Waals surface area contributed by atoms with Crippen molar-refractivity contribution in [3.8, 4) is 17.2 Å². The Morgan fingerprint density at radius 1 is 0.842 bits per heavy atom. The van der Waals surface area contributed by atoms with Gasteiger partial charge in [0.15, 0.2) is 0 Å². The second-order valence-electron chi connectivity index (χ2n) is 3.66. The second-order valence-corrected chi connectivity index (χ2v) is 4.10. The third-order valence-electron chi connectivity index (χ3n) is 2.26. The minimum Gasteiger partial charge on any atom is -0.492 e. The van der Waals surface area contributed by atoms with E-state index in [9.17, 15) is 0 Å². The molecule has 0 amide bonds. The molecule has 0 aliphatic rings. The van der Waals surface area contributed by atoms with Crippen molar-refractivity contribution in [1.82, 2.24) is 0 Å². The summed E-state index contributed by atoms with van der Waals surface area (Å²) < 4.78 is 11.0. The van der Waals surface area contributed by atoms with Gasteiger partial charge in [-0.1, -0.05) is 11.6 Å². The predicted octanol–water partition coefficient (Wildman–Crippen LogP) is 3.89. The Labute approximate surface area is 123 Å². The predicted molar refractivity (Wildman–Crippen MR) is 79.8 cm³/mol. The fraction of sp³-hybridized carbons (Fsp3) is 0.143. The van der Waals surface area contributed by atoms with Gasteiger partial charge in [0.25, 0.3) is 0 Å². The third kappa shape index (κ3) is 4.99. The normalized spacial score (nSPS) is 9.58. The van der Waals surface area contributed by atoms with Crippen molar-refractivity contribution in [3.05, 3.63) is 53.6 Å². The number of rotatable bonds is 5. The smallest absolute Gasteiger partial charge is 0.127 e. The van der Waals surface area contributed by atoms with Crippen LogP contribution in [0.5, 0.6) is 17.2 Å². The Morgan fingerprint density at radius 3 is 1.84 bits per heavy atom. The van der Waals surface area contributed by atoms with Crippen molar-refractivity contribution in [2.45, 2.75) is 0 Å². The molecule has 0 radical (unpaired) electrons. The molecular weight excluding hydrogens is 285 g/mol. The van der Waals surface area contributed by atoms with Crippen molar-refractivity contribution in [2.24, 2.45) is 5.73 Å². The van der Waals surface area contributed by atoms with Gasteiger partial charge in [-0.2, -0.15) is 0 Å². The van der Waals surface area contributed by atoms with Gasteiger partial charge in [-0.15, -0.1) is 12.4 Å². The minimum atomic E-state index is 0. The molecule has 19 heavy (non-hydrogen) atoms. The molecule has 0 heterocycles. The largest absolute Gasteiger partial charge is 0.492 e. The van der Waals surface area contributed by atoms with E-state index in [0.29, 0.717) is 18.2 Å². The van der Waals surface area contributed by atoms with Gasteiger partial charge in [0.05, 0.1) is 0 Å². The van der Waals surface area contributed by atoms with Crippen LogP contribution >= 0.6 is 24.0 Å². The molecular formula is C14H15Cl2NO2. The van der Waals surface area contributed by atoms with Crippen molar-refractivity contribution in [3.63, 3.8) is 0 Å². The molecule has 102 valence electrons. The second kappa shape index (κ2) is 7.89. The summed E-state index contributed by atoms with van der Waals surface area (Å²) in [6.07, 6.45) is 0. The lowest BCUT2D eigenvalue weighted by Crippen LogP contribution is -2.10. The topological polar surface area (TPSA) is 44.5 Å². The summed E-state index contributed by atoms with van der Waals surface area (Å²) in [7, 11) is 0. The minimum absolute atomic E-state index is 0. The lowest BCUT2D eigenvalue weighted by Gasteiger charge is -2.07. The van der Waals surface area contributed by atoms with Gasteiger partial charge >= 0.3 is 0 Å². The summed E-state index contributed by atoms with van der Waals surface area (Å²) in [5.74, 6) is 2.27. The van der Waals surface area contributed by atoms with E-state index in [2.05, 4.69) is 0 Å². The van der Waals surface area contributed by atoms with Crippen LogP contribution < -0.4 is 15.2 Å². The Balaban J connectivity index is 0.00000180. The fourth-order valence-corrected chi connectivity index (χ4v) is 1.55. The molecule has 0 saturated carbocycles. The number of benzene rings is 2. The molecule has 0 spiro atoms. The maximum absolute atomic E-state index is 5.80. The first-order chi connectivity index (χ1) is 8.78. The lowest BCUT2D eigenvalue weighted by molar-refractivity contribution is 0.328. The number of hydrogen-bond donors (Lipinski definition) is 1. The molecule has 2 N–H and O–H groups in total. The fourth-order valence-electron chi connectivity index (χ4n) is 1.42. The number of halogens is 2. The van der Waals surface area contributed by atoms with Crippen LogP contribution in [-0.2, 0) is 0 Å². The molecule has 0 aliphatic carbocycles. The molecule has 2 rings (SSSR count). The van der Waals surface area contributed by atoms with E-state index in [1.807, 2.05) is 36.4 Å². The quantitative estimate of drug-likeness (QED) is 0.911. The highest BCUT2D eigenvalue weighted by Crippen LogP contribution is 2.24. The van der Waals surface area contributed by atoms with E-state index in [0.717, 1.165) is 17.2 Å². The van der Waals surface area contributed by atoms with Gasteiger partial charge in [0.1, 0.15) is 23.9 Å². The molecule has 2 aromatic rings. The Kier molecular flexibility index (Phi) is 6.50. The van der Waals surface area contributed by atoms with E-state index in [1.54, 1.807) is 12.1 Å². The van der Waals surface area contributed by atoms with Crippen LogP contribution in [0.1, 0.15) is 0 Å². The highest BCUT2D eigenvalue weighted by atomic mass is 35.5. The molecule has 0 atom stereocenters. The van der Waals surface area contributed by atoms with Gasteiger partial charge in [0, 0.05) is 11.6 Å². The summed E-state index contributed by atoms with van der Waals surface area (Å²) in [6, 6.07) is 14.6. The molecule has 0 saturated heterocycles. The summed E-state index contributed by atoms with van der Waals surface area (Å²) >= 11 is 5.80. The van der Waals surface area contributed by atoms with Crippen LogP contribution in [0.25, 0.3) is 0 Å². The SMILES string of the molecule is Cl.NCCOc1ccc(Oc2ccc(Cl)cc2)cc1. The summed E-state index contributed by atoms with van der Waals surface area (Å²) in [6.45, 7) is 1.01. The summed E-state index contributed by atoms with van der Waals surface area (Å²) in [4.78, 5) is 0. The first kappa shape index (κ1) is 15.6. The van der Waals surface area contributed by atoms with Crippen molar-refractivity contribution < 1.29 is 9.47 Å². The maximum atomic E-state index is 5.80. The highest BCUT2D eigenvalue weighted by molar-refractivity contribution is 6.30. The highest BCUT2D eigenvalue weighted by Gasteiger charge is 1.98. The first-order valence-corrected chi connectivity index (χ1v) is 6.02. The number of ether oxygens (including phenoxy) is 2. The van der Waals surface area contributed by atoms with Gasteiger partial charge in [0.2, 0.25) is 0 Å². The summed E-state index contributed by atoms with van der Waals surface area (Å²) in [5, 5.41) is 0.688. The van der Waals surface area contributed by atoms with E-state index >= 15 is 0 Å². The zero-order chi connectivity index (χ0) is 12.8. The summed E-state index contributed by atoms with van der Waals surface area (Å²) in [5.41, 5.74) is 5.36. The zero-order valence-corrected chi connectivity index (χ0v) is 11.8. The Morgan fingerprint density at radius 2 is 1.32 bits per heavy atom. The zero-order valence-electron chi connectivity index (χ0n) is 10.2. The Hall–Kier alpha value is -1.42. The van der Waals surface area contributed by atoms with Gasteiger partial charge in [-0.05, 0) is 48.5 Å². The third-order valence-corrected chi connectivity index (χ3v) is 2.51. The lowest BCUT2D eigenvalue weighted by atomic mass is 10.3. The molecule has 0 unspecified atom stereocenters. The van der Waals surface area contributed by atoms with E-state index in [1.165, 1.54) is 0 Å². The van der Waals surface area contributed by atoms with Crippen LogP contribution in [0.2, 0.25) is 5.02 Å². The maximum Gasteiger partial charge on any atom is 0.127 e. The standard InChI is InChI=1S/C14H14ClNO2.ClH/c15-11-1-3-13(4-2-11)18-14-7-5-12(6-8-14)17-10-9-16;/h1-8H,9-10,16H2;1H. The van der Waals surface area contributed by atoms with Crippen LogP contribution in [0.3, 0.4) is 0 Å². The van der Waals surface area contributed by atoms with Crippen molar-refractivity contribution in [1.29, 1.82) is 0 Å². The molecule has 5 heteroatoms. The first-order valence-electron chi connectivity index (χ1n) is 5.64. The van der Waals surface area contributed by atoms with E-state index in [4.69, 9.17) is 26.8 Å². The Bertz CT molecular complexity index is 486. The van der Waals surface area contributed by atoms with E-state index in [-0.39, 0.29) is 12.4 Å². The van der Waals surface area contributed by atoms with Crippen LogP contribution in [0.15, 0.2) is 48.5 Å².